The van der Waals surface area contributed by atoms with E-state index >= 15 is 0 Å². The molecule has 0 saturated carbocycles. The van der Waals surface area contributed by atoms with Crippen molar-refractivity contribution in [3.05, 3.63) is 41.6 Å². The minimum Gasteiger partial charge on any atom is -0.397 e. The summed E-state index contributed by atoms with van der Waals surface area (Å²) in [6.45, 7) is 0.174. The van der Waals surface area contributed by atoms with E-state index in [1.807, 2.05) is 24.3 Å². The number of hydrogen-bond acceptors (Lipinski definition) is 4. The van der Waals surface area contributed by atoms with Gasteiger partial charge in [-0.2, -0.15) is 0 Å². The van der Waals surface area contributed by atoms with Crippen LogP contribution in [0.4, 0.5) is 22.9 Å². The first-order valence-corrected chi connectivity index (χ1v) is 6.10. The largest absolute Gasteiger partial charge is 0.397 e. The average molecular weight is 275 g/mol. The lowest BCUT2D eigenvalue weighted by atomic mass is 10.2. The van der Waals surface area contributed by atoms with E-state index in [-0.39, 0.29) is 12.5 Å². The van der Waals surface area contributed by atoms with Gasteiger partial charge in [-0.25, -0.2) is 4.98 Å². The number of carbonyl (C=O) groups excluding carboxylic acids is 1. The van der Waals surface area contributed by atoms with Crippen molar-refractivity contribution in [1.82, 2.24) is 4.98 Å². The molecule has 3 rings (SSSR count). The summed E-state index contributed by atoms with van der Waals surface area (Å²) in [5, 5.41) is 3.24. The number of rotatable bonds is 1. The molecular weight excluding hydrogens is 264 g/mol. The molecular formula is C13H11ClN4O. The molecule has 2 heterocycles. The number of aromatic nitrogens is 1. The molecule has 0 spiro atoms. The van der Waals surface area contributed by atoms with Crippen LogP contribution >= 0.6 is 11.6 Å². The minimum atomic E-state index is -0.103. The number of amides is 1. The van der Waals surface area contributed by atoms with E-state index in [1.54, 1.807) is 11.0 Å². The van der Waals surface area contributed by atoms with Gasteiger partial charge in [0.1, 0.15) is 6.54 Å². The SMILES string of the molecule is Nc1cnc(N2CC(=O)Nc3ccccc32)c(Cl)c1. The summed E-state index contributed by atoms with van der Waals surface area (Å²) in [4.78, 5) is 17.7. The molecule has 0 atom stereocenters. The lowest BCUT2D eigenvalue weighted by molar-refractivity contribution is -0.115. The van der Waals surface area contributed by atoms with Gasteiger partial charge in [0.25, 0.3) is 0 Å². The molecule has 6 heteroatoms. The summed E-state index contributed by atoms with van der Waals surface area (Å²) in [5.41, 5.74) is 7.73. The van der Waals surface area contributed by atoms with E-state index in [0.29, 0.717) is 16.5 Å². The van der Waals surface area contributed by atoms with Gasteiger partial charge in [-0.05, 0) is 18.2 Å². The Morgan fingerprint density at radius 1 is 1.37 bits per heavy atom. The van der Waals surface area contributed by atoms with E-state index in [9.17, 15) is 4.79 Å². The van der Waals surface area contributed by atoms with Gasteiger partial charge in [0, 0.05) is 0 Å². The summed E-state index contributed by atoms with van der Waals surface area (Å²) >= 11 is 6.16. The Hall–Kier alpha value is -2.27. The lowest BCUT2D eigenvalue weighted by Gasteiger charge is -2.30. The molecule has 1 aromatic carbocycles. The zero-order chi connectivity index (χ0) is 13.4. The molecule has 1 amide bonds. The van der Waals surface area contributed by atoms with Crippen molar-refractivity contribution >= 4 is 40.4 Å². The van der Waals surface area contributed by atoms with Crippen LogP contribution < -0.4 is 16.0 Å². The normalized spacial score (nSPS) is 13.9. The van der Waals surface area contributed by atoms with E-state index in [2.05, 4.69) is 10.3 Å². The number of anilines is 4. The molecule has 0 unspecified atom stereocenters. The molecule has 3 N–H and O–H groups in total. The molecule has 19 heavy (non-hydrogen) atoms. The van der Waals surface area contributed by atoms with Gasteiger partial charge in [0.05, 0.1) is 28.3 Å². The molecule has 0 radical (unpaired) electrons. The van der Waals surface area contributed by atoms with Crippen LogP contribution in [0, 0.1) is 0 Å². The minimum absolute atomic E-state index is 0.103. The lowest BCUT2D eigenvalue weighted by Crippen LogP contribution is -2.35. The fourth-order valence-corrected chi connectivity index (χ4v) is 2.34. The molecule has 2 aromatic rings. The molecule has 1 aliphatic heterocycles. The van der Waals surface area contributed by atoms with E-state index in [0.717, 1.165) is 11.4 Å². The quantitative estimate of drug-likeness (QED) is 0.838. The number of hydrogen-bond donors (Lipinski definition) is 2. The van der Waals surface area contributed by atoms with Gasteiger partial charge in [-0.1, -0.05) is 23.7 Å². The molecule has 96 valence electrons. The third-order valence-electron chi connectivity index (χ3n) is 2.87. The number of para-hydroxylation sites is 2. The second-order valence-corrected chi connectivity index (χ2v) is 4.63. The highest BCUT2D eigenvalue weighted by molar-refractivity contribution is 6.33. The van der Waals surface area contributed by atoms with Crippen LogP contribution in [0.1, 0.15) is 0 Å². The molecule has 0 saturated heterocycles. The zero-order valence-corrected chi connectivity index (χ0v) is 10.7. The van der Waals surface area contributed by atoms with Gasteiger partial charge >= 0.3 is 0 Å². The van der Waals surface area contributed by atoms with Crippen molar-refractivity contribution in [2.45, 2.75) is 0 Å². The van der Waals surface area contributed by atoms with Crippen LogP contribution in [0.2, 0.25) is 5.02 Å². The Bertz CT molecular complexity index is 659. The molecule has 0 aliphatic carbocycles. The second kappa shape index (κ2) is 4.44. The predicted octanol–water partition coefficient (Wildman–Crippen LogP) is 2.41. The summed E-state index contributed by atoms with van der Waals surface area (Å²) < 4.78 is 0. The standard InChI is InChI=1S/C13H11ClN4O/c14-9-5-8(15)6-16-13(9)18-7-12(19)17-10-3-1-2-4-11(10)18/h1-6H,7,15H2,(H,17,19). The number of pyridine rings is 1. The number of benzene rings is 1. The predicted molar refractivity (Wildman–Crippen MR) is 75.7 cm³/mol. The molecule has 0 bridgehead atoms. The van der Waals surface area contributed by atoms with Gasteiger partial charge in [-0.15, -0.1) is 0 Å². The maximum absolute atomic E-state index is 11.7. The summed E-state index contributed by atoms with van der Waals surface area (Å²) in [5.74, 6) is 0.423. The fourth-order valence-electron chi connectivity index (χ4n) is 2.07. The molecule has 1 aromatic heterocycles. The first-order valence-electron chi connectivity index (χ1n) is 5.72. The van der Waals surface area contributed by atoms with Gasteiger partial charge < -0.3 is 16.0 Å². The number of carbonyl (C=O) groups is 1. The Morgan fingerprint density at radius 3 is 2.95 bits per heavy atom. The van der Waals surface area contributed by atoms with Crippen molar-refractivity contribution in [2.75, 3.05) is 22.5 Å². The molecule has 5 nitrogen and oxygen atoms in total. The number of nitrogens with one attached hydrogen (secondary N) is 1. The third kappa shape index (κ3) is 2.08. The Labute approximate surface area is 115 Å². The summed E-state index contributed by atoms with van der Waals surface area (Å²) in [6.07, 6.45) is 1.52. The van der Waals surface area contributed by atoms with Crippen LogP contribution in [-0.4, -0.2) is 17.4 Å². The van der Waals surface area contributed by atoms with E-state index in [1.165, 1.54) is 6.20 Å². The van der Waals surface area contributed by atoms with Crippen LogP contribution in [0.5, 0.6) is 0 Å². The summed E-state index contributed by atoms with van der Waals surface area (Å²) in [7, 11) is 0. The van der Waals surface area contributed by atoms with E-state index < -0.39 is 0 Å². The van der Waals surface area contributed by atoms with Crippen LogP contribution in [-0.2, 0) is 4.79 Å². The van der Waals surface area contributed by atoms with Crippen LogP contribution in [0.15, 0.2) is 36.5 Å². The monoisotopic (exact) mass is 274 g/mol. The van der Waals surface area contributed by atoms with Crippen molar-refractivity contribution in [1.29, 1.82) is 0 Å². The smallest absolute Gasteiger partial charge is 0.244 e. The van der Waals surface area contributed by atoms with Crippen LogP contribution in [0.3, 0.4) is 0 Å². The number of nitrogens with two attached hydrogens (primary N) is 1. The summed E-state index contributed by atoms with van der Waals surface area (Å²) in [6, 6.07) is 9.13. The van der Waals surface area contributed by atoms with Gasteiger partial charge in [-0.3, -0.25) is 4.79 Å². The third-order valence-corrected chi connectivity index (χ3v) is 3.15. The van der Waals surface area contributed by atoms with Crippen molar-refractivity contribution in [2.24, 2.45) is 0 Å². The number of nitrogens with zero attached hydrogens (tertiary/aromatic N) is 2. The van der Waals surface area contributed by atoms with Gasteiger partial charge in [0.2, 0.25) is 5.91 Å². The Morgan fingerprint density at radius 2 is 2.16 bits per heavy atom. The Kier molecular flexibility index (Phi) is 2.76. The first-order chi connectivity index (χ1) is 9.15. The maximum atomic E-state index is 11.7. The van der Waals surface area contributed by atoms with Gasteiger partial charge in [0.15, 0.2) is 5.82 Å². The molecule has 0 fully saturated rings. The highest BCUT2D eigenvalue weighted by atomic mass is 35.5. The molecule has 1 aliphatic rings. The topological polar surface area (TPSA) is 71.2 Å². The number of halogens is 1. The first kappa shape index (κ1) is 11.8. The van der Waals surface area contributed by atoms with Crippen molar-refractivity contribution in [3.63, 3.8) is 0 Å². The maximum Gasteiger partial charge on any atom is 0.244 e. The zero-order valence-electron chi connectivity index (χ0n) is 9.93. The van der Waals surface area contributed by atoms with Crippen LogP contribution in [0.25, 0.3) is 0 Å². The van der Waals surface area contributed by atoms with Crippen molar-refractivity contribution in [3.8, 4) is 0 Å². The number of nitrogen functional groups attached to an aromatic ring is 1. The van der Waals surface area contributed by atoms with E-state index in [4.69, 9.17) is 17.3 Å². The Balaban J connectivity index is 2.12. The highest BCUT2D eigenvalue weighted by Gasteiger charge is 2.25. The second-order valence-electron chi connectivity index (χ2n) is 4.23. The number of fused-ring (bicyclic) bond motifs is 1. The average Bonchev–Trinajstić information content (AvgIpc) is 2.38. The van der Waals surface area contributed by atoms with Crippen molar-refractivity contribution < 1.29 is 4.79 Å². The fraction of sp³-hybridized carbons (Fsp3) is 0.0769. The highest BCUT2D eigenvalue weighted by Crippen LogP contribution is 2.37.